The molecule has 10 rings (SSSR count). The molecule has 2 aliphatic rings. The molecule has 0 N–H and O–H groups in total. The molecule has 278 valence electrons. The van der Waals surface area contributed by atoms with E-state index < -0.39 is 0 Å². The fourth-order valence-corrected chi connectivity index (χ4v) is 9.00. The number of benzene rings is 7. The molecular weight excluding hydrogens is 701 g/mol. The summed E-state index contributed by atoms with van der Waals surface area (Å²) < 4.78 is 2.35. The summed E-state index contributed by atoms with van der Waals surface area (Å²) >= 11 is 0. The lowest BCUT2D eigenvalue weighted by Gasteiger charge is -2.25. The Bertz CT molecular complexity index is 3000. The van der Waals surface area contributed by atoms with Gasteiger partial charge < -0.3 is 9.47 Å². The zero-order valence-electron chi connectivity index (χ0n) is 32.9. The van der Waals surface area contributed by atoms with E-state index in [2.05, 4.69) is 236 Å². The monoisotopic (exact) mass is 744 g/mol. The third kappa shape index (κ3) is 6.15. The molecule has 2 bridgehead atoms. The van der Waals surface area contributed by atoms with Crippen LogP contribution in [0.3, 0.4) is 0 Å². The van der Waals surface area contributed by atoms with Crippen LogP contribution in [0.25, 0.3) is 64.2 Å². The van der Waals surface area contributed by atoms with Crippen LogP contribution in [-0.4, -0.2) is 4.57 Å². The second kappa shape index (κ2) is 14.4. The number of para-hydroxylation sites is 3. The van der Waals surface area contributed by atoms with Crippen LogP contribution in [0.15, 0.2) is 182 Å². The Morgan fingerprint density at radius 2 is 1.19 bits per heavy atom. The van der Waals surface area contributed by atoms with Crippen LogP contribution in [0.4, 0.5) is 17.1 Å². The third-order valence-corrected chi connectivity index (χ3v) is 12.0. The van der Waals surface area contributed by atoms with Gasteiger partial charge in [0.25, 0.3) is 0 Å². The first-order valence-electron chi connectivity index (χ1n) is 20.2. The zero-order chi connectivity index (χ0) is 39.2. The first-order chi connectivity index (χ1) is 28.4. The Morgan fingerprint density at radius 1 is 0.586 bits per heavy atom. The molecule has 2 aliphatic carbocycles. The lowest BCUT2D eigenvalue weighted by molar-refractivity contribution is 0.660. The summed E-state index contributed by atoms with van der Waals surface area (Å²) in [7, 11) is 0. The van der Waals surface area contributed by atoms with Gasteiger partial charge in [0.15, 0.2) is 0 Å². The van der Waals surface area contributed by atoms with Gasteiger partial charge in [-0.3, -0.25) is 0 Å². The second-order valence-corrected chi connectivity index (χ2v) is 15.9. The highest BCUT2D eigenvalue weighted by molar-refractivity contribution is 5.92. The Hall–Kier alpha value is -7.16. The first-order valence-corrected chi connectivity index (χ1v) is 20.2. The van der Waals surface area contributed by atoms with Gasteiger partial charge >= 0.3 is 0 Å². The van der Waals surface area contributed by atoms with Gasteiger partial charge in [-0.25, -0.2) is 0 Å². The van der Waals surface area contributed by atoms with Crippen LogP contribution >= 0.6 is 0 Å². The van der Waals surface area contributed by atoms with E-state index in [-0.39, 0.29) is 5.41 Å². The quantitative estimate of drug-likeness (QED) is 0.148. The Balaban J connectivity index is 0.951. The first kappa shape index (κ1) is 35.3. The number of rotatable bonds is 7. The van der Waals surface area contributed by atoms with Crippen LogP contribution in [0, 0.1) is 0 Å². The maximum atomic E-state index is 4.61. The minimum absolute atomic E-state index is 0.146. The van der Waals surface area contributed by atoms with Gasteiger partial charge in [-0.1, -0.05) is 160 Å². The van der Waals surface area contributed by atoms with Crippen LogP contribution in [0.5, 0.6) is 0 Å². The van der Waals surface area contributed by atoms with Crippen LogP contribution < -0.4 is 15.5 Å². The van der Waals surface area contributed by atoms with E-state index in [1.54, 1.807) is 0 Å². The minimum atomic E-state index is -0.146. The predicted octanol–water partition coefficient (Wildman–Crippen LogP) is 13.3. The number of nitrogens with zero attached hydrogens (tertiary/aromatic N) is 2. The Kier molecular flexibility index (Phi) is 8.76. The van der Waals surface area contributed by atoms with Crippen molar-refractivity contribution in [2.45, 2.75) is 25.7 Å². The molecule has 0 saturated carbocycles. The summed E-state index contributed by atoms with van der Waals surface area (Å²) in [5.74, 6) is 0. The van der Waals surface area contributed by atoms with Crippen molar-refractivity contribution in [3.05, 3.63) is 226 Å². The van der Waals surface area contributed by atoms with Crippen molar-refractivity contribution in [1.29, 1.82) is 0 Å². The number of anilines is 3. The van der Waals surface area contributed by atoms with E-state index in [1.165, 1.54) is 55.4 Å². The molecule has 0 spiro atoms. The van der Waals surface area contributed by atoms with Crippen LogP contribution in [0.2, 0.25) is 0 Å². The molecule has 2 heteroatoms. The topological polar surface area (TPSA) is 8.17 Å². The Morgan fingerprint density at radius 3 is 1.90 bits per heavy atom. The summed E-state index contributed by atoms with van der Waals surface area (Å²) in [5.41, 5.74) is 17.1. The van der Waals surface area contributed by atoms with E-state index >= 15 is 0 Å². The highest BCUT2D eigenvalue weighted by Crippen LogP contribution is 2.50. The highest BCUT2D eigenvalue weighted by atomic mass is 15.1. The van der Waals surface area contributed by atoms with E-state index in [9.17, 15) is 0 Å². The number of aromatic nitrogens is 1. The van der Waals surface area contributed by atoms with Crippen molar-refractivity contribution in [3.63, 3.8) is 0 Å². The molecule has 0 amide bonds. The molecule has 2 nitrogen and oxygen atoms in total. The number of hydrogen-bond acceptors (Lipinski definition) is 1. The zero-order valence-corrected chi connectivity index (χ0v) is 32.9. The SMILES string of the molecule is C=c1/c2n(-c3ccccc3)c3cccc(c13)/C=C\C/C(c1ccc3c(c1)C(C)(C)c1cc(/C=C/c4ccc(N(c5ccccc5)c5ccccc5)cc4)ccc1-3)=C\C=2. The van der Waals surface area contributed by atoms with Crippen molar-refractivity contribution < 1.29 is 0 Å². The normalized spacial score (nSPS) is 16.0. The second-order valence-electron chi connectivity index (χ2n) is 15.9. The lowest BCUT2D eigenvalue weighted by atomic mass is 9.81. The minimum Gasteiger partial charge on any atom is -0.311 e. The maximum absolute atomic E-state index is 4.61. The average Bonchev–Trinajstić information content (AvgIpc) is 3.68. The molecule has 1 heterocycles. The van der Waals surface area contributed by atoms with Crippen molar-refractivity contribution in [2.24, 2.45) is 0 Å². The van der Waals surface area contributed by atoms with E-state index in [1.807, 2.05) is 0 Å². The highest BCUT2D eigenvalue weighted by Gasteiger charge is 2.35. The van der Waals surface area contributed by atoms with Crippen LogP contribution in [-0.2, 0) is 5.41 Å². The van der Waals surface area contributed by atoms with Crippen molar-refractivity contribution in [2.75, 3.05) is 4.90 Å². The fourth-order valence-electron chi connectivity index (χ4n) is 9.00. The van der Waals surface area contributed by atoms with Gasteiger partial charge in [0.1, 0.15) is 0 Å². The fraction of sp³-hybridized carbons (Fsp3) is 0.0714. The predicted molar refractivity (Wildman–Crippen MR) is 248 cm³/mol. The van der Waals surface area contributed by atoms with Gasteiger partial charge in [0.2, 0.25) is 0 Å². The van der Waals surface area contributed by atoms with Gasteiger partial charge in [-0.05, 0) is 123 Å². The smallest absolute Gasteiger partial charge is 0.0546 e. The molecule has 0 unspecified atom stereocenters. The molecule has 0 saturated heterocycles. The number of fused-ring (bicyclic) bond motifs is 4. The molecule has 0 aliphatic heterocycles. The molecule has 0 radical (unpaired) electrons. The molecule has 8 aromatic rings. The molecule has 0 atom stereocenters. The summed E-state index contributed by atoms with van der Waals surface area (Å²) in [6.45, 7) is 9.36. The number of allylic oxidation sites excluding steroid dienone is 3. The Labute approximate surface area is 341 Å². The van der Waals surface area contributed by atoms with Crippen LogP contribution in [0.1, 0.15) is 53.6 Å². The standard InChI is InChI=1S/C56H44N2/c1-39-53-36-31-42(15-13-16-43-17-14-24-54(55(39)43)58(53)47-22-11-6-12-23-47)44-30-35-50-49-34-29-41(37-51(49)56(2,3)52(50)38-44)26-25-40-27-32-48(33-28-40)57(45-18-7-4-8-19-45)46-20-9-5-10-21-46/h4-14,16-38H,1,15H2,2-3H3/b16-13-,26-25+,42-31+,53-36-. The van der Waals surface area contributed by atoms with E-state index in [0.29, 0.717) is 0 Å². The van der Waals surface area contributed by atoms with E-state index in [4.69, 9.17) is 0 Å². The largest absolute Gasteiger partial charge is 0.311 e. The lowest BCUT2D eigenvalue weighted by Crippen LogP contribution is -2.27. The van der Waals surface area contributed by atoms with Gasteiger partial charge in [0, 0.05) is 38.8 Å². The summed E-state index contributed by atoms with van der Waals surface area (Å²) in [6, 6.07) is 61.2. The summed E-state index contributed by atoms with van der Waals surface area (Å²) in [5, 5.41) is 3.39. The third-order valence-electron chi connectivity index (χ3n) is 12.0. The molecule has 0 fully saturated rings. The summed E-state index contributed by atoms with van der Waals surface area (Å²) in [6.07, 6.45) is 14.5. The van der Waals surface area contributed by atoms with E-state index in [0.717, 1.165) is 45.3 Å². The van der Waals surface area contributed by atoms with Gasteiger partial charge in [0.05, 0.1) is 10.9 Å². The van der Waals surface area contributed by atoms with Crippen molar-refractivity contribution in [3.8, 4) is 16.8 Å². The molecule has 58 heavy (non-hydrogen) atoms. The maximum Gasteiger partial charge on any atom is 0.0546 e. The van der Waals surface area contributed by atoms with Crippen molar-refractivity contribution >= 4 is 64.4 Å². The number of hydrogen-bond donors (Lipinski definition) is 0. The molecule has 1 aromatic heterocycles. The van der Waals surface area contributed by atoms with Crippen molar-refractivity contribution in [1.82, 2.24) is 4.57 Å². The molecular formula is C56H44N2. The molecule has 7 aromatic carbocycles. The summed E-state index contributed by atoms with van der Waals surface area (Å²) in [4.78, 5) is 2.29. The van der Waals surface area contributed by atoms with Gasteiger partial charge in [-0.15, -0.1) is 0 Å². The average molecular weight is 745 g/mol. The van der Waals surface area contributed by atoms with Gasteiger partial charge in [-0.2, -0.15) is 0 Å².